The van der Waals surface area contributed by atoms with Crippen LogP contribution in [0.5, 0.6) is 0 Å². The van der Waals surface area contributed by atoms with E-state index in [4.69, 9.17) is 11.6 Å². The van der Waals surface area contributed by atoms with Gasteiger partial charge in [-0.3, -0.25) is 23.5 Å². The van der Waals surface area contributed by atoms with Crippen molar-refractivity contribution in [1.82, 2.24) is 29.4 Å². The normalized spacial score (nSPS) is 14.0. The van der Waals surface area contributed by atoms with Crippen LogP contribution in [0.2, 0.25) is 5.02 Å². The lowest BCUT2D eigenvalue weighted by Gasteiger charge is -2.36. The van der Waals surface area contributed by atoms with E-state index in [9.17, 15) is 14.0 Å². The quantitative estimate of drug-likeness (QED) is 0.242. The number of nitrogens with zero attached hydrogens (tertiary/aromatic N) is 6. The van der Waals surface area contributed by atoms with Crippen molar-refractivity contribution in [1.29, 1.82) is 0 Å². The number of amides is 1. The number of piperazine rings is 1. The van der Waals surface area contributed by atoms with Crippen LogP contribution in [0.3, 0.4) is 0 Å². The molecule has 3 aromatic carbocycles. The van der Waals surface area contributed by atoms with Gasteiger partial charge in [-0.25, -0.2) is 4.39 Å². The second-order valence-corrected chi connectivity index (χ2v) is 11.2. The zero-order valence-corrected chi connectivity index (χ0v) is 24.5. The maximum Gasteiger partial charge on any atom is 0.263 e. The molecule has 5 aromatic rings. The summed E-state index contributed by atoms with van der Waals surface area (Å²) in [5, 5.41) is 13.0. The first-order valence-corrected chi connectivity index (χ1v) is 14.9. The number of anilines is 1. The van der Waals surface area contributed by atoms with Crippen LogP contribution < -0.4 is 15.8 Å². The minimum atomic E-state index is -0.182. The molecular weight excluding hydrogens is 569 g/mol. The van der Waals surface area contributed by atoms with Crippen LogP contribution in [0.1, 0.15) is 24.2 Å². The zero-order valence-electron chi connectivity index (χ0n) is 23.8. The molecule has 1 saturated heterocycles. The minimum Gasteiger partial charge on any atom is -0.367 e. The predicted molar refractivity (Wildman–Crippen MR) is 166 cm³/mol. The van der Waals surface area contributed by atoms with Crippen LogP contribution in [0.4, 0.5) is 10.1 Å². The lowest BCUT2D eigenvalue weighted by Crippen LogP contribution is -2.47. The molecule has 222 valence electrons. The first-order chi connectivity index (χ1) is 21.0. The highest BCUT2D eigenvalue weighted by atomic mass is 35.5. The van der Waals surface area contributed by atoms with E-state index in [2.05, 4.69) is 25.3 Å². The summed E-state index contributed by atoms with van der Waals surface area (Å²) >= 11 is 6.04. The van der Waals surface area contributed by atoms with Crippen molar-refractivity contribution in [3.05, 3.63) is 105 Å². The molecule has 6 rings (SSSR count). The molecule has 3 heterocycles. The van der Waals surface area contributed by atoms with Gasteiger partial charge in [0.05, 0.1) is 23.1 Å². The van der Waals surface area contributed by atoms with Crippen molar-refractivity contribution in [3.63, 3.8) is 0 Å². The van der Waals surface area contributed by atoms with Crippen molar-refractivity contribution < 1.29 is 9.18 Å². The molecule has 0 bridgehead atoms. The molecule has 2 aromatic heterocycles. The van der Waals surface area contributed by atoms with E-state index < -0.39 is 0 Å². The summed E-state index contributed by atoms with van der Waals surface area (Å²) in [6, 6.07) is 21.6. The Kier molecular flexibility index (Phi) is 8.67. The number of carbonyl (C=O) groups excluding carboxylic acids is 1. The van der Waals surface area contributed by atoms with Crippen LogP contribution in [0, 0.1) is 5.82 Å². The summed E-state index contributed by atoms with van der Waals surface area (Å²) in [4.78, 5) is 30.6. The molecule has 1 amide bonds. The number of aryl methyl sites for hydroxylation is 1. The van der Waals surface area contributed by atoms with Gasteiger partial charge in [-0.1, -0.05) is 48.0 Å². The van der Waals surface area contributed by atoms with Crippen LogP contribution in [-0.4, -0.2) is 69.2 Å². The Balaban J connectivity index is 1.04. The van der Waals surface area contributed by atoms with Gasteiger partial charge < -0.3 is 10.2 Å². The molecule has 43 heavy (non-hydrogen) atoms. The number of para-hydroxylation sites is 2. The van der Waals surface area contributed by atoms with Gasteiger partial charge in [0.1, 0.15) is 11.6 Å². The number of hydrogen-bond donors (Lipinski definition) is 1. The van der Waals surface area contributed by atoms with E-state index in [-0.39, 0.29) is 23.7 Å². The predicted octanol–water partition coefficient (Wildman–Crippen LogP) is 4.15. The summed E-state index contributed by atoms with van der Waals surface area (Å²) in [6.45, 7) is 5.05. The van der Waals surface area contributed by atoms with Crippen molar-refractivity contribution >= 4 is 39.9 Å². The maximum atomic E-state index is 14.1. The highest BCUT2D eigenvalue weighted by Crippen LogP contribution is 2.20. The molecule has 11 heteroatoms. The third kappa shape index (κ3) is 6.40. The van der Waals surface area contributed by atoms with Gasteiger partial charge >= 0.3 is 0 Å². The van der Waals surface area contributed by atoms with E-state index in [1.165, 1.54) is 6.07 Å². The Hall–Kier alpha value is -4.28. The third-order valence-corrected chi connectivity index (χ3v) is 8.20. The number of rotatable bonds is 10. The van der Waals surface area contributed by atoms with Crippen LogP contribution >= 0.6 is 11.6 Å². The SMILES string of the molecule is O=C(CCc1nnc2n(Cc3ccc(Cl)cc3)c(=O)c3ccccc3n12)NCCCN1CCN(c2ccccc2F)CC1. The van der Waals surface area contributed by atoms with E-state index in [1.54, 1.807) is 28.8 Å². The first-order valence-electron chi connectivity index (χ1n) is 14.6. The van der Waals surface area contributed by atoms with Crippen molar-refractivity contribution in [3.8, 4) is 0 Å². The Bertz CT molecular complexity index is 1800. The Labute approximate surface area is 253 Å². The van der Waals surface area contributed by atoms with Gasteiger partial charge in [0.2, 0.25) is 11.7 Å². The molecule has 0 saturated carbocycles. The van der Waals surface area contributed by atoms with Gasteiger partial charge in [-0.15, -0.1) is 10.2 Å². The average Bonchev–Trinajstić information content (AvgIpc) is 3.46. The largest absolute Gasteiger partial charge is 0.367 e. The molecule has 0 unspecified atom stereocenters. The maximum absolute atomic E-state index is 14.1. The van der Waals surface area contributed by atoms with Gasteiger partial charge in [0.15, 0.2) is 0 Å². The number of hydrogen-bond acceptors (Lipinski definition) is 6. The number of fused-ring (bicyclic) bond motifs is 3. The van der Waals surface area contributed by atoms with E-state index in [1.807, 2.05) is 46.9 Å². The van der Waals surface area contributed by atoms with Gasteiger partial charge in [0.25, 0.3) is 5.56 Å². The van der Waals surface area contributed by atoms with E-state index >= 15 is 0 Å². The summed E-state index contributed by atoms with van der Waals surface area (Å²) in [7, 11) is 0. The van der Waals surface area contributed by atoms with Crippen molar-refractivity contribution in [2.75, 3.05) is 44.2 Å². The van der Waals surface area contributed by atoms with Gasteiger partial charge in [-0.2, -0.15) is 0 Å². The lowest BCUT2D eigenvalue weighted by molar-refractivity contribution is -0.121. The van der Waals surface area contributed by atoms with Crippen LogP contribution in [0.25, 0.3) is 16.7 Å². The third-order valence-electron chi connectivity index (χ3n) is 7.94. The molecular formula is C32H33ClFN7O2. The molecule has 0 aliphatic carbocycles. The Morgan fingerprint density at radius 2 is 1.67 bits per heavy atom. The van der Waals surface area contributed by atoms with E-state index in [0.29, 0.717) is 52.7 Å². The fraction of sp³-hybridized carbons (Fsp3) is 0.312. The number of halogens is 2. The molecule has 0 atom stereocenters. The number of aromatic nitrogens is 4. The monoisotopic (exact) mass is 601 g/mol. The molecule has 0 radical (unpaired) electrons. The first kappa shape index (κ1) is 28.8. The molecule has 0 spiro atoms. The van der Waals surface area contributed by atoms with Gasteiger partial charge in [0, 0.05) is 50.6 Å². The second-order valence-electron chi connectivity index (χ2n) is 10.8. The summed E-state index contributed by atoms with van der Waals surface area (Å²) in [6.07, 6.45) is 1.47. The fourth-order valence-electron chi connectivity index (χ4n) is 5.66. The van der Waals surface area contributed by atoms with Crippen molar-refractivity contribution in [2.24, 2.45) is 0 Å². The number of carbonyl (C=O) groups is 1. The summed E-state index contributed by atoms with van der Waals surface area (Å²) < 4.78 is 17.6. The lowest BCUT2D eigenvalue weighted by atomic mass is 10.2. The van der Waals surface area contributed by atoms with Gasteiger partial charge in [-0.05, 0) is 54.9 Å². The summed E-state index contributed by atoms with van der Waals surface area (Å²) in [5.74, 6) is 0.821. The standard InChI is InChI=1S/C32H33ClFN7O2/c33-24-12-10-23(11-13-24)22-40-31(43)25-6-1-3-8-27(25)41-29(36-37-32(40)41)14-15-30(42)35-16-5-17-38-18-20-39(21-19-38)28-9-4-2-7-26(28)34/h1-4,6-13H,5,14-22H2,(H,35,42). The topological polar surface area (TPSA) is 87.8 Å². The van der Waals surface area contributed by atoms with Crippen LogP contribution in [-0.2, 0) is 17.8 Å². The van der Waals surface area contributed by atoms with E-state index in [0.717, 1.165) is 44.7 Å². The molecule has 1 aliphatic heterocycles. The van der Waals surface area contributed by atoms with Crippen molar-refractivity contribution in [2.45, 2.75) is 25.8 Å². The summed E-state index contributed by atoms with van der Waals surface area (Å²) in [5.41, 5.74) is 2.14. The number of benzene rings is 3. The number of nitrogens with one attached hydrogen (secondary N) is 1. The van der Waals surface area contributed by atoms with Crippen LogP contribution in [0.15, 0.2) is 77.6 Å². The average molecular weight is 602 g/mol. The Morgan fingerprint density at radius 3 is 2.47 bits per heavy atom. The zero-order chi connectivity index (χ0) is 29.8. The fourth-order valence-corrected chi connectivity index (χ4v) is 5.78. The Morgan fingerprint density at radius 1 is 0.930 bits per heavy atom. The highest BCUT2D eigenvalue weighted by Gasteiger charge is 2.20. The molecule has 1 aliphatic rings. The highest BCUT2D eigenvalue weighted by molar-refractivity contribution is 6.30. The molecule has 1 N–H and O–H groups in total. The second kappa shape index (κ2) is 12.9. The smallest absolute Gasteiger partial charge is 0.263 e. The minimum absolute atomic E-state index is 0.0556. The molecule has 1 fully saturated rings. The molecule has 9 nitrogen and oxygen atoms in total.